The summed E-state index contributed by atoms with van der Waals surface area (Å²) in [7, 11) is 0. The third-order valence-corrected chi connectivity index (χ3v) is 2.53. The number of benzene rings is 1. The molecule has 0 aliphatic carbocycles. The lowest BCUT2D eigenvalue weighted by atomic mass is 9.93. The van der Waals surface area contributed by atoms with Gasteiger partial charge in [0.2, 0.25) is 0 Å². The third-order valence-electron chi connectivity index (χ3n) is 2.53. The average molecular weight is 290 g/mol. The van der Waals surface area contributed by atoms with Crippen molar-refractivity contribution in [3.05, 3.63) is 48.6 Å². The molecular weight excluding hydrogens is 260 g/mol. The Morgan fingerprint density at radius 3 is 1.81 bits per heavy atom. The SMILES string of the molecule is C=CCC(C)=O.CCC.CC[C@H](C(C)=O)c1ccccc1. The molecule has 0 saturated heterocycles. The minimum atomic E-state index is 0.0891. The molecule has 0 saturated carbocycles. The van der Waals surface area contributed by atoms with E-state index in [1.54, 1.807) is 19.9 Å². The fourth-order valence-electron chi connectivity index (χ4n) is 1.65. The summed E-state index contributed by atoms with van der Waals surface area (Å²) in [6.07, 6.45) is 4.24. The van der Waals surface area contributed by atoms with Crippen molar-refractivity contribution in [2.24, 2.45) is 0 Å². The molecule has 0 aliphatic rings. The second kappa shape index (κ2) is 14.7. The van der Waals surface area contributed by atoms with Crippen molar-refractivity contribution in [2.75, 3.05) is 0 Å². The molecule has 2 nitrogen and oxygen atoms in total. The van der Waals surface area contributed by atoms with Gasteiger partial charge in [-0.25, -0.2) is 0 Å². The van der Waals surface area contributed by atoms with Gasteiger partial charge in [-0.1, -0.05) is 63.6 Å². The molecule has 0 aromatic heterocycles. The summed E-state index contributed by atoms with van der Waals surface area (Å²) >= 11 is 0. The molecule has 0 N–H and O–H groups in total. The number of Topliss-reactive ketones (excluding diaryl/α,β-unsaturated/α-hetero) is 2. The standard InChI is InChI=1S/C11H14O.C5H8O.C3H8/c1-3-11(9(2)12)10-7-5-4-6-8-10;1-3-4-5(2)6;1-3-2/h4-8,11H,3H2,1-2H3;3H,1,4H2,2H3;3H2,1-2H3/t11-;;/m1../s1. The molecule has 0 fully saturated rings. The summed E-state index contributed by atoms with van der Waals surface area (Å²) in [6, 6.07) is 9.93. The highest BCUT2D eigenvalue weighted by atomic mass is 16.1. The molecule has 0 bridgehead atoms. The van der Waals surface area contributed by atoms with E-state index in [1.807, 2.05) is 37.3 Å². The van der Waals surface area contributed by atoms with Crippen molar-refractivity contribution in [3.63, 3.8) is 0 Å². The van der Waals surface area contributed by atoms with E-state index in [0.717, 1.165) is 12.0 Å². The van der Waals surface area contributed by atoms with Gasteiger partial charge >= 0.3 is 0 Å². The number of carbonyl (C=O) groups is 2. The van der Waals surface area contributed by atoms with E-state index in [-0.39, 0.29) is 17.5 Å². The number of rotatable bonds is 5. The topological polar surface area (TPSA) is 34.1 Å². The molecule has 0 heterocycles. The maximum atomic E-state index is 11.2. The molecule has 0 radical (unpaired) electrons. The zero-order valence-electron chi connectivity index (χ0n) is 14.2. The molecule has 0 spiro atoms. The Morgan fingerprint density at radius 1 is 1.10 bits per heavy atom. The third kappa shape index (κ3) is 13.1. The lowest BCUT2D eigenvalue weighted by molar-refractivity contribution is -0.118. The molecule has 118 valence electrons. The van der Waals surface area contributed by atoms with E-state index < -0.39 is 0 Å². The number of hydrogen-bond acceptors (Lipinski definition) is 2. The predicted molar refractivity (Wildman–Crippen MR) is 91.6 cm³/mol. The fourth-order valence-corrected chi connectivity index (χ4v) is 1.65. The van der Waals surface area contributed by atoms with Crippen molar-refractivity contribution < 1.29 is 9.59 Å². The lowest BCUT2D eigenvalue weighted by Gasteiger charge is -2.10. The number of allylic oxidation sites excluding steroid dienone is 1. The van der Waals surface area contributed by atoms with Crippen LogP contribution in [0, 0.1) is 0 Å². The molecule has 21 heavy (non-hydrogen) atoms. The van der Waals surface area contributed by atoms with E-state index in [0.29, 0.717) is 6.42 Å². The average Bonchev–Trinajstić information content (AvgIpc) is 2.41. The van der Waals surface area contributed by atoms with Crippen LogP contribution in [0.4, 0.5) is 0 Å². The number of hydrogen-bond donors (Lipinski definition) is 0. The minimum absolute atomic E-state index is 0.0891. The first-order valence-electron chi connectivity index (χ1n) is 7.60. The number of carbonyl (C=O) groups excluding carboxylic acids is 2. The van der Waals surface area contributed by atoms with Crippen LogP contribution in [0.25, 0.3) is 0 Å². The van der Waals surface area contributed by atoms with Crippen LogP contribution in [-0.4, -0.2) is 11.6 Å². The van der Waals surface area contributed by atoms with E-state index in [1.165, 1.54) is 6.42 Å². The fraction of sp³-hybridized carbons (Fsp3) is 0.474. The summed E-state index contributed by atoms with van der Waals surface area (Å²) in [5.41, 5.74) is 1.13. The van der Waals surface area contributed by atoms with E-state index in [2.05, 4.69) is 20.4 Å². The van der Waals surface area contributed by atoms with Gasteiger partial charge in [-0.15, -0.1) is 6.58 Å². The van der Waals surface area contributed by atoms with Crippen molar-refractivity contribution in [1.82, 2.24) is 0 Å². The smallest absolute Gasteiger partial charge is 0.137 e. The van der Waals surface area contributed by atoms with Gasteiger partial charge in [0.05, 0.1) is 0 Å². The molecule has 2 heteroatoms. The Hall–Kier alpha value is -1.70. The van der Waals surface area contributed by atoms with Crippen LogP contribution in [0.3, 0.4) is 0 Å². The Morgan fingerprint density at radius 2 is 1.57 bits per heavy atom. The summed E-state index contributed by atoms with van der Waals surface area (Å²) < 4.78 is 0. The van der Waals surface area contributed by atoms with Crippen LogP contribution in [0.5, 0.6) is 0 Å². The second-order valence-corrected chi connectivity index (χ2v) is 4.88. The van der Waals surface area contributed by atoms with Gasteiger partial charge in [-0.05, 0) is 25.8 Å². The van der Waals surface area contributed by atoms with E-state index in [4.69, 9.17) is 0 Å². The quantitative estimate of drug-likeness (QED) is 0.686. The maximum Gasteiger partial charge on any atom is 0.137 e. The molecular formula is C19H30O2. The molecule has 1 aromatic rings. The largest absolute Gasteiger partial charge is 0.300 e. The van der Waals surface area contributed by atoms with Gasteiger partial charge < -0.3 is 0 Å². The van der Waals surface area contributed by atoms with Crippen LogP contribution in [0.1, 0.15) is 65.4 Å². The van der Waals surface area contributed by atoms with Gasteiger partial charge in [-0.2, -0.15) is 0 Å². The first-order valence-corrected chi connectivity index (χ1v) is 7.60. The molecule has 0 aliphatic heterocycles. The maximum absolute atomic E-state index is 11.2. The summed E-state index contributed by atoms with van der Waals surface area (Å²) in [6.45, 7) is 12.9. The van der Waals surface area contributed by atoms with Gasteiger partial charge in [0.1, 0.15) is 11.6 Å². The predicted octanol–water partition coefficient (Wildman–Crippen LogP) is 5.34. The first kappa shape index (κ1) is 21.6. The Labute approximate surface area is 130 Å². The number of ketones is 2. The molecule has 0 amide bonds. The molecule has 1 atom stereocenters. The zero-order valence-corrected chi connectivity index (χ0v) is 14.2. The van der Waals surface area contributed by atoms with Crippen molar-refractivity contribution in [2.45, 2.75) is 59.8 Å². The highest BCUT2D eigenvalue weighted by Gasteiger charge is 2.12. The van der Waals surface area contributed by atoms with E-state index in [9.17, 15) is 9.59 Å². The monoisotopic (exact) mass is 290 g/mol. The van der Waals surface area contributed by atoms with Gasteiger partial charge in [0.15, 0.2) is 0 Å². The Bertz CT molecular complexity index is 393. The van der Waals surface area contributed by atoms with Crippen molar-refractivity contribution in [1.29, 1.82) is 0 Å². The van der Waals surface area contributed by atoms with Crippen LogP contribution in [0.15, 0.2) is 43.0 Å². The molecule has 1 rings (SSSR count). The van der Waals surface area contributed by atoms with Gasteiger partial charge in [0, 0.05) is 12.3 Å². The first-order chi connectivity index (χ1) is 9.94. The van der Waals surface area contributed by atoms with Gasteiger partial charge in [-0.3, -0.25) is 9.59 Å². The van der Waals surface area contributed by atoms with Crippen LogP contribution < -0.4 is 0 Å². The normalized spacial score (nSPS) is 10.1. The Kier molecular flexibility index (Phi) is 15.1. The van der Waals surface area contributed by atoms with Gasteiger partial charge in [0.25, 0.3) is 0 Å². The van der Waals surface area contributed by atoms with Crippen LogP contribution >= 0.6 is 0 Å². The summed E-state index contributed by atoms with van der Waals surface area (Å²) in [5, 5.41) is 0. The van der Waals surface area contributed by atoms with Crippen molar-refractivity contribution >= 4 is 11.6 Å². The minimum Gasteiger partial charge on any atom is -0.300 e. The van der Waals surface area contributed by atoms with Crippen LogP contribution in [-0.2, 0) is 9.59 Å². The lowest BCUT2D eigenvalue weighted by Crippen LogP contribution is -2.06. The zero-order chi connectivity index (χ0) is 16.7. The highest BCUT2D eigenvalue weighted by molar-refractivity contribution is 5.83. The van der Waals surface area contributed by atoms with Crippen LogP contribution in [0.2, 0.25) is 0 Å². The second-order valence-electron chi connectivity index (χ2n) is 4.88. The van der Waals surface area contributed by atoms with E-state index >= 15 is 0 Å². The molecule has 0 unspecified atom stereocenters. The molecule has 1 aromatic carbocycles. The summed E-state index contributed by atoms with van der Waals surface area (Å²) in [4.78, 5) is 21.1. The summed E-state index contributed by atoms with van der Waals surface area (Å²) in [5.74, 6) is 0.514. The van der Waals surface area contributed by atoms with Crippen molar-refractivity contribution in [3.8, 4) is 0 Å². The Balaban J connectivity index is 0. The highest BCUT2D eigenvalue weighted by Crippen LogP contribution is 2.19.